The van der Waals surface area contributed by atoms with Crippen LogP contribution in [0.1, 0.15) is 17.2 Å². The number of hydrogen-bond acceptors (Lipinski definition) is 3. The zero-order valence-electron chi connectivity index (χ0n) is 16.1. The average molecular weight is 388 g/mol. The van der Waals surface area contributed by atoms with Crippen LogP contribution in [0.5, 0.6) is 5.75 Å². The first-order valence-electron chi connectivity index (χ1n) is 9.49. The molecule has 0 aliphatic heterocycles. The number of carbonyl (C=O) groups excluding carboxylic acids is 1. The number of fused-ring (bicyclic) bond motifs is 1. The van der Waals surface area contributed by atoms with Gasteiger partial charge in [-0.3, -0.25) is 0 Å². The lowest BCUT2D eigenvalue weighted by Crippen LogP contribution is -2.38. The van der Waals surface area contributed by atoms with Crippen molar-refractivity contribution >= 4 is 16.8 Å². The van der Waals surface area contributed by atoms with Gasteiger partial charge in [0.2, 0.25) is 0 Å². The van der Waals surface area contributed by atoms with Crippen LogP contribution in [0.25, 0.3) is 10.8 Å². The summed E-state index contributed by atoms with van der Waals surface area (Å²) in [6.07, 6.45) is 5.09. The van der Waals surface area contributed by atoms with Crippen LogP contribution < -0.4 is 15.4 Å². The Bertz CT molecular complexity index is 993. The summed E-state index contributed by atoms with van der Waals surface area (Å²) in [6.45, 7) is 0.875. The molecule has 148 valence electrons. The predicted molar refractivity (Wildman–Crippen MR) is 115 cm³/mol. The molecule has 5 heteroatoms. The molecule has 1 unspecified atom stereocenters. The molecule has 0 radical (unpaired) electrons. The van der Waals surface area contributed by atoms with Gasteiger partial charge in [-0.2, -0.15) is 0 Å². The van der Waals surface area contributed by atoms with Gasteiger partial charge in [0.1, 0.15) is 12.4 Å². The third-order valence-electron chi connectivity index (χ3n) is 4.56. The van der Waals surface area contributed by atoms with Crippen LogP contribution in [0.2, 0.25) is 0 Å². The Labute approximate surface area is 170 Å². The Morgan fingerprint density at radius 3 is 2.55 bits per heavy atom. The first kappa shape index (κ1) is 20.2. The molecule has 0 aliphatic carbocycles. The number of ether oxygens (including phenoxy) is 1. The monoisotopic (exact) mass is 388 g/mol. The van der Waals surface area contributed by atoms with Crippen LogP contribution in [-0.4, -0.2) is 30.8 Å². The van der Waals surface area contributed by atoms with E-state index in [0.717, 1.165) is 27.6 Å². The number of benzene rings is 3. The normalized spacial score (nSPS) is 11.4. The fourth-order valence-corrected chi connectivity index (χ4v) is 2.98. The second-order valence-electron chi connectivity index (χ2n) is 6.65. The number of nitrogens with one attached hydrogen (secondary N) is 2. The van der Waals surface area contributed by atoms with E-state index >= 15 is 0 Å². The summed E-state index contributed by atoms with van der Waals surface area (Å²) in [4.78, 5) is 12.0. The smallest absolute Gasteiger partial charge is 0.314 e. The minimum Gasteiger partial charge on any atom is -0.481 e. The first-order valence-corrected chi connectivity index (χ1v) is 9.49. The maximum atomic E-state index is 12.0. The molecule has 0 fully saturated rings. The summed E-state index contributed by atoms with van der Waals surface area (Å²) in [5.41, 5.74) is 1.85. The number of carbonyl (C=O) groups is 1. The van der Waals surface area contributed by atoms with E-state index in [0.29, 0.717) is 13.0 Å². The summed E-state index contributed by atoms with van der Waals surface area (Å²) in [7, 11) is 0. The molecule has 0 aliphatic rings. The van der Waals surface area contributed by atoms with Crippen LogP contribution in [0.4, 0.5) is 4.79 Å². The number of aliphatic hydroxyl groups is 1. The number of amides is 2. The van der Waals surface area contributed by atoms with Crippen molar-refractivity contribution in [3.05, 3.63) is 77.9 Å². The van der Waals surface area contributed by atoms with Gasteiger partial charge >= 0.3 is 6.03 Å². The van der Waals surface area contributed by atoms with E-state index < -0.39 is 6.10 Å². The van der Waals surface area contributed by atoms with Crippen molar-refractivity contribution in [2.24, 2.45) is 0 Å². The first-order chi connectivity index (χ1) is 14.2. The molecule has 3 aromatic carbocycles. The summed E-state index contributed by atoms with van der Waals surface area (Å²) < 4.78 is 5.33. The van der Waals surface area contributed by atoms with E-state index in [1.807, 2.05) is 66.7 Å². The summed E-state index contributed by atoms with van der Waals surface area (Å²) in [5.74, 6) is 3.14. The van der Waals surface area contributed by atoms with Crippen LogP contribution in [-0.2, 0) is 6.42 Å². The molecule has 0 heterocycles. The lowest BCUT2D eigenvalue weighted by atomic mass is 10.0. The Morgan fingerprint density at radius 1 is 1.03 bits per heavy atom. The van der Waals surface area contributed by atoms with Gasteiger partial charge in [-0.1, -0.05) is 54.5 Å². The highest BCUT2D eigenvalue weighted by molar-refractivity contribution is 5.83. The van der Waals surface area contributed by atoms with Crippen molar-refractivity contribution in [3.8, 4) is 18.1 Å². The molecule has 3 aromatic rings. The van der Waals surface area contributed by atoms with Crippen molar-refractivity contribution in [2.45, 2.75) is 12.5 Å². The lowest BCUT2D eigenvalue weighted by Gasteiger charge is -2.14. The van der Waals surface area contributed by atoms with Gasteiger partial charge in [0.15, 0.2) is 0 Å². The van der Waals surface area contributed by atoms with Gasteiger partial charge in [-0.25, -0.2) is 4.79 Å². The van der Waals surface area contributed by atoms with E-state index in [1.54, 1.807) is 0 Å². The molecular formula is C24H24N2O3. The Balaban J connectivity index is 1.40. The van der Waals surface area contributed by atoms with Crippen LogP contribution >= 0.6 is 0 Å². The van der Waals surface area contributed by atoms with Gasteiger partial charge in [0.25, 0.3) is 0 Å². The van der Waals surface area contributed by atoms with Crippen LogP contribution in [0, 0.1) is 12.3 Å². The number of terminal acetylenes is 1. The van der Waals surface area contributed by atoms with Gasteiger partial charge < -0.3 is 20.5 Å². The summed E-state index contributed by atoms with van der Waals surface area (Å²) >= 11 is 0. The molecular weight excluding hydrogens is 364 g/mol. The van der Waals surface area contributed by atoms with E-state index in [4.69, 9.17) is 11.2 Å². The highest BCUT2D eigenvalue weighted by atomic mass is 16.5. The molecule has 1 atom stereocenters. The maximum Gasteiger partial charge on any atom is 0.314 e. The van der Waals surface area contributed by atoms with Gasteiger partial charge in [0.05, 0.1) is 6.10 Å². The molecule has 3 rings (SSSR count). The summed E-state index contributed by atoms with van der Waals surface area (Å²) in [5, 5.41) is 18.0. The van der Waals surface area contributed by atoms with Gasteiger partial charge in [0, 0.05) is 13.1 Å². The fraction of sp³-hybridized carbons (Fsp3) is 0.208. The fourth-order valence-electron chi connectivity index (χ4n) is 2.98. The van der Waals surface area contributed by atoms with Gasteiger partial charge in [-0.05, 0) is 46.5 Å². The predicted octanol–water partition coefficient (Wildman–Crippen LogP) is 3.43. The molecule has 29 heavy (non-hydrogen) atoms. The van der Waals surface area contributed by atoms with Crippen molar-refractivity contribution in [1.82, 2.24) is 10.6 Å². The Hall–Kier alpha value is -3.49. The number of aliphatic hydroxyl groups excluding tert-OH is 1. The molecule has 3 N–H and O–H groups in total. The Morgan fingerprint density at radius 2 is 1.79 bits per heavy atom. The zero-order chi connectivity index (χ0) is 20.5. The van der Waals surface area contributed by atoms with Gasteiger partial charge in [-0.15, -0.1) is 6.42 Å². The molecule has 0 saturated heterocycles. The van der Waals surface area contributed by atoms with Crippen molar-refractivity contribution < 1.29 is 14.6 Å². The highest BCUT2D eigenvalue weighted by Crippen LogP contribution is 2.20. The third kappa shape index (κ3) is 6.00. The van der Waals surface area contributed by atoms with Crippen LogP contribution in [0.3, 0.4) is 0 Å². The second-order valence-corrected chi connectivity index (χ2v) is 6.65. The Kier molecular flexibility index (Phi) is 7.10. The number of urea groups is 1. The minimum atomic E-state index is -0.763. The number of hydrogen-bond donors (Lipinski definition) is 3. The molecule has 2 amide bonds. The van der Waals surface area contributed by atoms with E-state index in [2.05, 4.69) is 16.6 Å². The minimum absolute atomic E-state index is 0.144. The largest absolute Gasteiger partial charge is 0.481 e. The molecule has 0 aromatic heterocycles. The zero-order valence-corrected chi connectivity index (χ0v) is 16.1. The third-order valence-corrected chi connectivity index (χ3v) is 4.56. The van der Waals surface area contributed by atoms with Crippen LogP contribution in [0.15, 0.2) is 66.7 Å². The molecule has 0 spiro atoms. The average Bonchev–Trinajstić information content (AvgIpc) is 2.76. The van der Waals surface area contributed by atoms with Crippen molar-refractivity contribution in [2.75, 3.05) is 19.7 Å². The topological polar surface area (TPSA) is 70.6 Å². The van der Waals surface area contributed by atoms with E-state index in [-0.39, 0.29) is 19.2 Å². The lowest BCUT2D eigenvalue weighted by molar-refractivity contribution is 0.173. The standard InChI is InChI=1S/C24H24N2O3/c1-2-15-29-22-11-7-18(8-12-22)13-14-25-24(28)26-17-23(27)21-10-9-19-5-3-4-6-20(19)16-21/h1,3-12,16,23,27H,13-15,17H2,(H2,25,26,28). The maximum absolute atomic E-state index is 12.0. The van der Waals surface area contributed by atoms with Crippen molar-refractivity contribution in [3.63, 3.8) is 0 Å². The van der Waals surface area contributed by atoms with Crippen molar-refractivity contribution in [1.29, 1.82) is 0 Å². The molecule has 5 nitrogen and oxygen atoms in total. The summed E-state index contributed by atoms with van der Waals surface area (Å²) in [6, 6.07) is 21.0. The molecule has 0 bridgehead atoms. The van der Waals surface area contributed by atoms with E-state index in [1.165, 1.54) is 0 Å². The van der Waals surface area contributed by atoms with E-state index in [9.17, 15) is 9.90 Å². The SMILES string of the molecule is C#CCOc1ccc(CCNC(=O)NCC(O)c2ccc3ccccc3c2)cc1. The highest BCUT2D eigenvalue weighted by Gasteiger charge is 2.10. The molecule has 0 saturated carbocycles. The number of rotatable bonds is 8. The second kappa shape index (κ2) is 10.2. The quantitative estimate of drug-likeness (QED) is 0.518.